The van der Waals surface area contributed by atoms with Gasteiger partial charge in [-0.05, 0) is 24.0 Å². The summed E-state index contributed by atoms with van der Waals surface area (Å²) in [6.45, 7) is 3.52. The zero-order valence-electron chi connectivity index (χ0n) is 10.7. The topological polar surface area (TPSA) is 64.4 Å². The molecule has 1 aromatic rings. The summed E-state index contributed by atoms with van der Waals surface area (Å²) in [7, 11) is 0. The van der Waals surface area contributed by atoms with Crippen LogP contribution in [0, 0.1) is 0 Å². The minimum atomic E-state index is -0.846. The van der Waals surface area contributed by atoms with Crippen molar-refractivity contribution in [3.63, 3.8) is 0 Å². The Balaban J connectivity index is 1.97. The number of hydrogen-bond donors (Lipinski definition) is 2. The van der Waals surface area contributed by atoms with Crippen LogP contribution >= 0.6 is 0 Å². The van der Waals surface area contributed by atoms with E-state index in [1.165, 1.54) is 5.56 Å². The molecular formula is C14H20N2O2. The maximum atomic E-state index is 12.0. The minimum absolute atomic E-state index is 0.120. The Morgan fingerprint density at radius 3 is 2.78 bits per heavy atom. The van der Waals surface area contributed by atoms with Crippen LogP contribution in [0.1, 0.15) is 24.5 Å². The fraction of sp³-hybridized carbons (Fsp3) is 0.500. The standard InChI is InChI=1S/C14H20N2O2/c1-2-11-5-3-4-6-12(11)9-16-13(17)14(15)7-8-18-10-14/h3-6H,2,7-10,15H2,1H3,(H,16,17). The number of ether oxygens (including phenoxy) is 1. The highest BCUT2D eigenvalue weighted by Gasteiger charge is 2.37. The van der Waals surface area contributed by atoms with Crippen LogP contribution in [0.15, 0.2) is 24.3 Å². The van der Waals surface area contributed by atoms with Crippen molar-refractivity contribution in [2.24, 2.45) is 5.73 Å². The summed E-state index contributed by atoms with van der Waals surface area (Å²) in [5, 5.41) is 2.91. The molecule has 1 atom stereocenters. The second-order valence-corrected chi connectivity index (χ2v) is 4.76. The molecule has 0 radical (unpaired) electrons. The Morgan fingerprint density at radius 1 is 1.44 bits per heavy atom. The third-order valence-corrected chi connectivity index (χ3v) is 3.44. The number of carbonyl (C=O) groups excluding carboxylic acids is 1. The minimum Gasteiger partial charge on any atom is -0.379 e. The van der Waals surface area contributed by atoms with E-state index in [4.69, 9.17) is 10.5 Å². The molecular weight excluding hydrogens is 228 g/mol. The Morgan fingerprint density at radius 2 is 2.17 bits per heavy atom. The smallest absolute Gasteiger partial charge is 0.242 e. The first-order valence-electron chi connectivity index (χ1n) is 6.37. The average molecular weight is 248 g/mol. The van der Waals surface area contributed by atoms with Gasteiger partial charge in [0.15, 0.2) is 0 Å². The lowest BCUT2D eigenvalue weighted by Crippen LogP contribution is -2.54. The normalized spacial score (nSPS) is 23.0. The van der Waals surface area contributed by atoms with Crippen molar-refractivity contribution in [3.05, 3.63) is 35.4 Å². The van der Waals surface area contributed by atoms with Gasteiger partial charge in [-0.1, -0.05) is 31.2 Å². The Labute approximate surface area is 108 Å². The Bertz CT molecular complexity index is 426. The molecule has 0 aliphatic carbocycles. The van der Waals surface area contributed by atoms with E-state index < -0.39 is 5.54 Å². The van der Waals surface area contributed by atoms with Crippen molar-refractivity contribution in [2.75, 3.05) is 13.2 Å². The Hall–Kier alpha value is -1.39. The van der Waals surface area contributed by atoms with Crippen LogP contribution < -0.4 is 11.1 Å². The van der Waals surface area contributed by atoms with Crippen molar-refractivity contribution < 1.29 is 9.53 Å². The van der Waals surface area contributed by atoms with Crippen LogP contribution in [0.4, 0.5) is 0 Å². The maximum Gasteiger partial charge on any atom is 0.242 e. The van der Waals surface area contributed by atoms with E-state index in [0.29, 0.717) is 26.2 Å². The van der Waals surface area contributed by atoms with E-state index in [1.807, 2.05) is 18.2 Å². The first-order valence-corrected chi connectivity index (χ1v) is 6.37. The highest BCUT2D eigenvalue weighted by Crippen LogP contribution is 2.16. The zero-order valence-corrected chi connectivity index (χ0v) is 10.7. The number of aryl methyl sites for hydroxylation is 1. The second-order valence-electron chi connectivity index (χ2n) is 4.76. The van der Waals surface area contributed by atoms with E-state index in [9.17, 15) is 4.79 Å². The van der Waals surface area contributed by atoms with Gasteiger partial charge in [-0.15, -0.1) is 0 Å². The predicted octanol–water partition coefficient (Wildman–Crippen LogP) is 0.983. The zero-order chi connectivity index (χ0) is 13.0. The molecule has 1 saturated heterocycles. The summed E-state index contributed by atoms with van der Waals surface area (Å²) >= 11 is 0. The van der Waals surface area contributed by atoms with Crippen LogP contribution in [-0.2, 0) is 22.5 Å². The van der Waals surface area contributed by atoms with Gasteiger partial charge < -0.3 is 15.8 Å². The number of nitrogens with one attached hydrogen (secondary N) is 1. The average Bonchev–Trinajstić information content (AvgIpc) is 2.84. The highest BCUT2D eigenvalue weighted by atomic mass is 16.5. The molecule has 1 amide bonds. The lowest BCUT2D eigenvalue weighted by Gasteiger charge is -2.21. The van der Waals surface area contributed by atoms with E-state index in [2.05, 4.69) is 18.3 Å². The van der Waals surface area contributed by atoms with Crippen molar-refractivity contribution in [1.29, 1.82) is 0 Å². The van der Waals surface area contributed by atoms with E-state index >= 15 is 0 Å². The number of rotatable bonds is 4. The van der Waals surface area contributed by atoms with Gasteiger partial charge >= 0.3 is 0 Å². The first kappa shape index (κ1) is 13.1. The lowest BCUT2D eigenvalue weighted by atomic mass is 9.99. The third kappa shape index (κ3) is 2.71. The molecule has 4 nitrogen and oxygen atoms in total. The SMILES string of the molecule is CCc1ccccc1CNC(=O)C1(N)CCOC1. The summed E-state index contributed by atoms with van der Waals surface area (Å²) in [5.41, 5.74) is 7.56. The molecule has 0 aromatic heterocycles. The summed E-state index contributed by atoms with van der Waals surface area (Å²) in [4.78, 5) is 12.0. The maximum absolute atomic E-state index is 12.0. The molecule has 1 aromatic carbocycles. The van der Waals surface area contributed by atoms with Crippen LogP contribution in [0.5, 0.6) is 0 Å². The molecule has 1 unspecified atom stereocenters. The molecule has 98 valence electrons. The van der Waals surface area contributed by atoms with Crippen LogP contribution in [0.25, 0.3) is 0 Å². The predicted molar refractivity (Wildman–Crippen MR) is 70.0 cm³/mol. The van der Waals surface area contributed by atoms with Gasteiger partial charge in [-0.3, -0.25) is 4.79 Å². The van der Waals surface area contributed by atoms with E-state index in [1.54, 1.807) is 0 Å². The second kappa shape index (κ2) is 5.50. The molecule has 0 saturated carbocycles. The fourth-order valence-corrected chi connectivity index (χ4v) is 2.19. The molecule has 0 bridgehead atoms. The van der Waals surface area contributed by atoms with Crippen molar-refractivity contribution in [2.45, 2.75) is 31.8 Å². The molecule has 2 rings (SSSR count). The van der Waals surface area contributed by atoms with Gasteiger partial charge in [0.1, 0.15) is 5.54 Å². The lowest BCUT2D eigenvalue weighted by molar-refractivity contribution is -0.126. The molecule has 4 heteroatoms. The Kier molecular flexibility index (Phi) is 3.99. The number of hydrogen-bond acceptors (Lipinski definition) is 3. The molecule has 1 heterocycles. The molecule has 1 aliphatic rings. The van der Waals surface area contributed by atoms with E-state index in [-0.39, 0.29) is 5.91 Å². The van der Waals surface area contributed by atoms with Crippen LogP contribution in [-0.4, -0.2) is 24.7 Å². The first-order chi connectivity index (χ1) is 8.65. The van der Waals surface area contributed by atoms with Gasteiger partial charge in [0, 0.05) is 13.2 Å². The summed E-state index contributed by atoms with van der Waals surface area (Å²) in [6.07, 6.45) is 1.55. The molecule has 3 N–H and O–H groups in total. The number of nitrogens with two attached hydrogens (primary N) is 1. The molecule has 18 heavy (non-hydrogen) atoms. The monoisotopic (exact) mass is 248 g/mol. The fourth-order valence-electron chi connectivity index (χ4n) is 2.19. The summed E-state index contributed by atoms with van der Waals surface area (Å²) in [5.74, 6) is -0.120. The summed E-state index contributed by atoms with van der Waals surface area (Å²) in [6, 6.07) is 8.11. The van der Waals surface area contributed by atoms with Crippen molar-refractivity contribution >= 4 is 5.91 Å². The van der Waals surface area contributed by atoms with Crippen molar-refractivity contribution in [1.82, 2.24) is 5.32 Å². The molecule has 0 spiro atoms. The number of carbonyl (C=O) groups is 1. The van der Waals surface area contributed by atoms with Gasteiger partial charge in [-0.25, -0.2) is 0 Å². The molecule has 1 aliphatic heterocycles. The quantitative estimate of drug-likeness (QED) is 0.835. The number of benzene rings is 1. The number of amides is 1. The van der Waals surface area contributed by atoms with E-state index in [0.717, 1.165) is 12.0 Å². The van der Waals surface area contributed by atoms with Crippen molar-refractivity contribution in [3.8, 4) is 0 Å². The van der Waals surface area contributed by atoms with Gasteiger partial charge in [0.25, 0.3) is 0 Å². The summed E-state index contributed by atoms with van der Waals surface area (Å²) < 4.78 is 5.19. The van der Waals surface area contributed by atoms with Crippen LogP contribution in [0.3, 0.4) is 0 Å². The van der Waals surface area contributed by atoms with Gasteiger partial charge in [0.05, 0.1) is 6.61 Å². The van der Waals surface area contributed by atoms with Crippen LogP contribution in [0.2, 0.25) is 0 Å². The largest absolute Gasteiger partial charge is 0.379 e. The highest BCUT2D eigenvalue weighted by molar-refractivity contribution is 5.86. The third-order valence-electron chi connectivity index (χ3n) is 3.44. The molecule has 1 fully saturated rings. The van der Waals surface area contributed by atoms with Gasteiger partial charge in [-0.2, -0.15) is 0 Å². The van der Waals surface area contributed by atoms with Gasteiger partial charge in [0.2, 0.25) is 5.91 Å².